The second kappa shape index (κ2) is 14.1. The van der Waals surface area contributed by atoms with E-state index in [9.17, 15) is 0 Å². The molecule has 0 aromatic carbocycles. The predicted molar refractivity (Wildman–Crippen MR) is 62.4 cm³/mol. The maximum atomic E-state index is 8.25. The number of hydrogen-bond acceptors (Lipinski definition) is 3. The molecule has 1 aliphatic carbocycles. The van der Waals surface area contributed by atoms with E-state index < -0.39 is 0 Å². The van der Waals surface area contributed by atoms with Gasteiger partial charge in [0.05, 0.1) is 0 Å². The molecule has 1 rings (SSSR count). The molecule has 98 valence electrons. The van der Waals surface area contributed by atoms with Crippen LogP contribution >= 0.6 is 0 Å². The average molecular weight is 276 g/mol. The number of hydrogen-bond donors (Lipinski definition) is 0. The van der Waals surface area contributed by atoms with Gasteiger partial charge >= 0.3 is 21.7 Å². The van der Waals surface area contributed by atoms with Gasteiger partial charge in [0, 0.05) is 0 Å². The molecule has 0 bridgehead atoms. The summed E-state index contributed by atoms with van der Waals surface area (Å²) in [7, 11) is 2.25. The first-order chi connectivity index (χ1) is 7.45. The fourth-order valence-electron chi connectivity index (χ4n) is 1.41. The Kier molecular flexibility index (Phi) is 21.5. The molecule has 17 heavy (non-hydrogen) atoms. The van der Waals surface area contributed by atoms with Gasteiger partial charge in [-0.3, -0.25) is 6.08 Å². The van der Waals surface area contributed by atoms with E-state index in [1.807, 2.05) is 0 Å². The molecule has 3 nitrogen and oxygen atoms in total. The average Bonchev–Trinajstić information content (AvgIpc) is 2.50. The Hall–Kier alpha value is 0.0743. The summed E-state index contributed by atoms with van der Waals surface area (Å²) >= 11 is 0. The Morgan fingerprint density at radius 1 is 0.824 bits per heavy atom. The molecule has 0 amide bonds. The summed E-state index contributed by atoms with van der Waals surface area (Å²) < 4.78 is 0. The van der Waals surface area contributed by atoms with Crippen molar-refractivity contribution in [2.75, 3.05) is 21.3 Å². The zero-order chi connectivity index (χ0) is 13.9. The fraction of sp³-hybridized carbons (Fsp3) is 0.692. The molecular formula is C13H24O3Ti. The molecule has 1 aliphatic rings. The van der Waals surface area contributed by atoms with Crippen molar-refractivity contribution < 1.29 is 37.0 Å². The summed E-state index contributed by atoms with van der Waals surface area (Å²) in [5.74, 6) is 0. The van der Waals surface area contributed by atoms with Crippen LogP contribution in [0, 0.1) is 11.5 Å². The molecule has 0 radical (unpaired) electrons. The van der Waals surface area contributed by atoms with E-state index in [1.54, 1.807) is 0 Å². The van der Waals surface area contributed by atoms with E-state index in [2.05, 4.69) is 40.7 Å². The van der Waals surface area contributed by atoms with Crippen LogP contribution in [0.4, 0.5) is 0 Å². The smallest absolute Gasteiger partial charge is 0.857 e. The number of rotatable bonds is 0. The van der Waals surface area contributed by atoms with Gasteiger partial charge in [-0.25, -0.2) is 5.57 Å². The van der Waals surface area contributed by atoms with Crippen LogP contribution in [0.5, 0.6) is 0 Å². The summed E-state index contributed by atoms with van der Waals surface area (Å²) in [5, 5.41) is 24.8. The maximum Gasteiger partial charge on any atom is 4.00 e. The molecule has 0 aromatic heterocycles. The second-order valence-corrected chi connectivity index (χ2v) is 3.62. The zero-order valence-corrected chi connectivity index (χ0v) is 13.8. The van der Waals surface area contributed by atoms with E-state index in [4.69, 9.17) is 15.3 Å². The monoisotopic (exact) mass is 276 g/mol. The largest absolute Gasteiger partial charge is 4.00 e. The van der Waals surface area contributed by atoms with Crippen molar-refractivity contribution in [3.05, 3.63) is 22.8 Å². The van der Waals surface area contributed by atoms with Gasteiger partial charge in [0.2, 0.25) is 0 Å². The van der Waals surface area contributed by atoms with Crippen LogP contribution < -0.4 is 15.3 Å². The minimum Gasteiger partial charge on any atom is -0.857 e. The van der Waals surface area contributed by atoms with Crippen molar-refractivity contribution in [3.63, 3.8) is 0 Å². The van der Waals surface area contributed by atoms with Crippen LogP contribution in [-0.4, -0.2) is 21.3 Å². The first-order valence-electron chi connectivity index (χ1n) is 4.97. The second-order valence-electron chi connectivity index (χ2n) is 3.62. The van der Waals surface area contributed by atoms with E-state index >= 15 is 0 Å². The SMILES string of the molecule is CC1=[C-]C(C)(C)C(C)=C1C.C[O-].C[O-].C[O-].[Ti+4]. The van der Waals surface area contributed by atoms with Crippen LogP contribution in [0.1, 0.15) is 34.6 Å². The molecule has 0 heterocycles. The third kappa shape index (κ3) is 8.75. The van der Waals surface area contributed by atoms with Crippen molar-refractivity contribution in [3.8, 4) is 0 Å². The Labute approximate surface area is 121 Å². The molecule has 0 aromatic rings. The normalized spacial score (nSPS) is 14.9. The van der Waals surface area contributed by atoms with Gasteiger partial charge in [-0.2, -0.15) is 32.5 Å². The van der Waals surface area contributed by atoms with Crippen LogP contribution in [0.2, 0.25) is 0 Å². The van der Waals surface area contributed by atoms with Crippen LogP contribution in [0.25, 0.3) is 0 Å². The van der Waals surface area contributed by atoms with E-state index in [1.165, 1.54) is 16.7 Å². The molecular weight excluding hydrogens is 252 g/mol. The van der Waals surface area contributed by atoms with Crippen LogP contribution in [0.15, 0.2) is 16.7 Å². The molecule has 4 heteroatoms. The van der Waals surface area contributed by atoms with Gasteiger partial charge in [-0.1, -0.05) is 33.1 Å². The molecule has 0 spiro atoms. The van der Waals surface area contributed by atoms with Gasteiger partial charge in [-0.05, 0) is 0 Å². The Morgan fingerprint density at radius 2 is 1.12 bits per heavy atom. The van der Waals surface area contributed by atoms with Crippen molar-refractivity contribution in [1.29, 1.82) is 0 Å². The van der Waals surface area contributed by atoms with Crippen molar-refractivity contribution in [1.82, 2.24) is 0 Å². The summed E-state index contributed by atoms with van der Waals surface area (Å²) in [6.07, 6.45) is 3.44. The quantitative estimate of drug-likeness (QED) is 0.463. The fourth-order valence-corrected chi connectivity index (χ4v) is 1.41. The number of allylic oxidation sites excluding steroid dienone is 4. The molecule has 0 aliphatic heterocycles. The Balaban J connectivity index is -0.000000106. The van der Waals surface area contributed by atoms with Gasteiger partial charge in [0.1, 0.15) is 0 Å². The van der Waals surface area contributed by atoms with E-state index in [-0.39, 0.29) is 27.1 Å². The molecule has 0 fully saturated rings. The third-order valence-corrected chi connectivity index (χ3v) is 2.56. The molecule has 0 saturated heterocycles. The predicted octanol–water partition coefficient (Wildman–Crippen LogP) is 0.0391. The van der Waals surface area contributed by atoms with Crippen LogP contribution in [0.3, 0.4) is 0 Å². The first kappa shape index (κ1) is 25.8. The minimum atomic E-state index is 0. The molecule has 0 unspecified atom stereocenters. The topological polar surface area (TPSA) is 69.2 Å². The third-order valence-electron chi connectivity index (χ3n) is 2.56. The van der Waals surface area contributed by atoms with Gasteiger partial charge in [0.25, 0.3) is 0 Å². The van der Waals surface area contributed by atoms with E-state index in [0.717, 1.165) is 21.3 Å². The van der Waals surface area contributed by atoms with Crippen molar-refractivity contribution in [2.45, 2.75) is 34.6 Å². The van der Waals surface area contributed by atoms with Crippen LogP contribution in [-0.2, 0) is 21.7 Å². The van der Waals surface area contributed by atoms with E-state index in [0.29, 0.717) is 0 Å². The van der Waals surface area contributed by atoms with Crippen molar-refractivity contribution in [2.24, 2.45) is 5.41 Å². The summed E-state index contributed by atoms with van der Waals surface area (Å²) in [6, 6.07) is 0. The maximum absolute atomic E-state index is 8.25. The van der Waals surface area contributed by atoms with Gasteiger partial charge in [0.15, 0.2) is 0 Å². The first-order valence-corrected chi connectivity index (χ1v) is 4.97. The standard InChI is InChI=1S/C10H15.3CH3O.Ti/c1-7-6-10(4,5)9(3)8(7)2;3*1-2;/h1-5H3;3*1H3;/q4*-1;+4. The van der Waals surface area contributed by atoms with Crippen molar-refractivity contribution >= 4 is 0 Å². The Bertz CT molecular complexity index is 231. The molecule has 0 N–H and O–H groups in total. The van der Waals surface area contributed by atoms with Gasteiger partial charge in [-0.15, -0.1) is 6.92 Å². The zero-order valence-electron chi connectivity index (χ0n) is 12.2. The molecule has 0 atom stereocenters. The minimum absolute atomic E-state index is 0. The summed E-state index contributed by atoms with van der Waals surface area (Å²) in [4.78, 5) is 0. The molecule has 0 saturated carbocycles. The van der Waals surface area contributed by atoms with Gasteiger partial charge < -0.3 is 15.3 Å². The summed E-state index contributed by atoms with van der Waals surface area (Å²) in [6.45, 7) is 10.9. The Morgan fingerprint density at radius 3 is 1.18 bits per heavy atom. The summed E-state index contributed by atoms with van der Waals surface area (Å²) in [5.41, 5.74) is 4.39.